The Labute approximate surface area is 174 Å². The third-order valence-corrected chi connectivity index (χ3v) is 4.78. The monoisotopic (exact) mass is 429 g/mol. The highest BCUT2D eigenvalue weighted by Gasteiger charge is 2.39. The van der Waals surface area contributed by atoms with E-state index in [0.29, 0.717) is 12.8 Å². The highest BCUT2D eigenvalue weighted by molar-refractivity contribution is 5.95. The van der Waals surface area contributed by atoms with E-state index in [1.54, 1.807) is 0 Å². The number of hydrogen-bond donors (Lipinski definition) is 6. The molecule has 0 radical (unpaired) electrons. The van der Waals surface area contributed by atoms with Gasteiger partial charge in [0.2, 0.25) is 23.6 Å². The average Bonchev–Trinajstić information content (AvgIpc) is 3.14. The number of rotatable bonds is 9. The van der Waals surface area contributed by atoms with Crippen LogP contribution in [0.25, 0.3) is 0 Å². The standard InChI is InChI=1S/C18H31N5O7/c1-8(19)14(25)20-9(2)15(26)21-10(3)16(27)22-13(11(4)24)17(28)23-7-5-6-12(23)18(29)30/h8-13,24H,5-7,19H2,1-4H3,(H,20,25)(H,21,26)(H,22,27)(H,29,30)/t8-,9-,10-,11+,12-,13-/m0/s1. The van der Waals surface area contributed by atoms with Crippen LogP contribution in [0.15, 0.2) is 0 Å². The summed E-state index contributed by atoms with van der Waals surface area (Å²) in [7, 11) is 0. The molecule has 0 bridgehead atoms. The summed E-state index contributed by atoms with van der Waals surface area (Å²) >= 11 is 0. The van der Waals surface area contributed by atoms with Crippen molar-refractivity contribution in [3.63, 3.8) is 0 Å². The molecule has 0 aromatic rings. The van der Waals surface area contributed by atoms with Crippen LogP contribution in [0.1, 0.15) is 40.5 Å². The molecule has 12 heteroatoms. The van der Waals surface area contributed by atoms with Crippen LogP contribution in [0.2, 0.25) is 0 Å². The van der Waals surface area contributed by atoms with Crippen LogP contribution in [-0.4, -0.2) is 87.6 Å². The quantitative estimate of drug-likeness (QED) is 0.228. The molecule has 4 amide bonds. The Morgan fingerprint density at radius 1 is 0.933 bits per heavy atom. The number of carbonyl (C=O) groups excluding carboxylic acids is 4. The van der Waals surface area contributed by atoms with Crippen LogP contribution in [0.5, 0.6) is 0 Å². The Kier molecular flexibility index (Phi) is 9.18. The maximum atomic E-state index is 12.7. The number of nitrogens with two attached hydrogens (primary N) is 1. The van der Waals surface area contributed by atoms with Crippen molar-refractivity contribution in [2.75, 3.05) is 6.54 Å². The molecule has 7 N–H and O–H groups in total. The molecular formula is C18H31N5O7. The predicted octanol–water partition coefficient (Wildman–Crippen LogP) is -2.72. The molecule has 0 aliphatic carbocycles. The first-order valence-corrected chi connectivity index (χ1v) is 9.74. The normalized spacial score (nSPS) is 21.0. The lowest BCUT2D eigenvalue weighted by molar-refractivity contribution is -0.150. The minimum Gasteiger partial charge on any atom is -0.480 e. The van der Waals surface area contributed by atoms with Crippen molar-refractivity contribution < 1.29 is 34.2 Å². The highest BCUT2D eigenvalue weighted by Crippen LogP contribution is 2.19. The summed E-state index contributed by atoms with van der Waals surface area (Å²) < 4.78 is 0. The second-order valence-corrected chi connectivity index (χ2v) is 7.50. The Hall–Kier alpha value is -2.73. The van der Waals surface area contributed by atoms with Crippen molar-refractivity contribution in [2.45, 2.75) is 76.8 Å². The molecule has 1 aliphatic rings. The van der Waals surface area contributed by atoms with E-state index in [1.807, 2.05) is 0 Å². The van der Waals surface area contributed by atoms with Crippen LogP contribution >= 0.6 is 0 Å². The van der Waals surface area contributed by atoms with Crippen molar-refractivity contribution in [3.8, 4) is 0 Å². The number of carbonyl (C=O) groups is 5. The van der Waals surface area contributed by atoms with Crippen LogP contribution in [-0.2, 0) is 24.0 Å². The lowest BCUT2D eigenvalue weighted by Gasteiger charge is -2.29. The van der Waals surface area contributed by atoms with Gasteiger partial charge in [-0.25, -0.2) is 4.79 Å². The van der Waals surface area contributed by atoms with Crippen molar-refractivity contribution in [2.24, 2.45) is 5.73 Å². The minimum absolute atomic E-state index is 0.206. The van der Waals surface area contributed by atoms with Gasteiger partial charge in [-0.15, -0.1) is 0 Å². The first kappa shape index (κ1) is 25.3. The topological polar surface area (TPSA) is 191 Å². The summed E-state index contributed by atoms with van der Waals surface area (Å²) in [4.78, 5) is 61.3. The number of likely N-dealkylation sites (tertiary alicyclic amines) is 1. The zero-order valence-corrected chi connectivity index (χ0v) is 17.5. The van der Waals surface area contributed by atoms with Crippen molar-refractivity contribution in [1.82, 2.24) is 20.9 Å². The van der Waals surface area contributed by atoms with E-state index in [2.05, 4.69) is 16.0 Å². The number of nitrogens with one attached hydrogen (secondary N) is 3. The van der Waals surface area contributed by atoms with Gasteiger partial charge in [0.15, 0.2) is 0 Å². The van der Waals surface area contributed by atoms with E-state index in [4.69, 9.17) is 5.73 Å². The zero-order chi connectivity index (χ0) is 23.2. The van der Waals surface area contributed by atoms with Crippen LogP contribution in [0.3, 0.4) is 0 Å². The molecule has 1 rings (SSSR count). The van der Waals surface area contributed by atoms with E-state index >= 15 is 0 Å². The van der Waals surface area contributed by atoms with Gasteiger partial charge in [-0.1, -0.05) is 0 Å². The number of hydrogen-bond acceptors (Lipinski definition) is 7. The number of aliphatic hydroxyl groups excluding tert-OH is 1. The summed E-state index contributed by atoms with van der Waals surface area (Å²) in [6.45, 7) is 5.74. The fourth-order valence-corrected chi connectivity index (χ4v) is 2.95. The maximum absolute atomic E-state index is 12.7. The lowest BCUT2D eigenvalue weighted by atomic mass is 10.1. The first-order valence-electron chi connectivity index (χ1n) is 9.74. The number of carboxylic acid groups (broad SMARTS) is 1. The van der Waals surface area contributed by atoms with Gasteiger partial charge >= 0.3 is 5.97 Å². The van der Waals surface area contributed by atoms with Crippen LogP contribution < -0.4 is 21.7 Å². The summed E-state index contributed by atoms with van der Waals surface area (Å²) in [5, 5.41) is 26.4. The Morgan fingerprint density at radius 3 is 1.90 bits per heavy atom. The van der Waals surface area contributed by atoms with Crippen molar-refractivity contribution in [3.05, 3.63) is 0 Å². The fraction of sp³-hybridized carbons (Fsp3) is 0.722. The van der Waals surface area contributed by atoms with E-state index in [0.717, 1.165) is 4.90 Å². The SMILES string of the molecule is C[C@H](N)C(=O)N[C@@H](C)C(=O)N[C@@H](C)C(=O)N[C@H](C(=O)N1CCC[C@H]1C(=O)O)[C@@H](C)O. The number of carboxylic acids is 1. The number of aliphatic carboxylic acids is 1. The highest BCUT2D eigenvalue weighted by atomic mass is 16.4. The fourth-order valence-electron chi connectivity index (χ4n) is 2.95. The lowest BCUT2D eigenvalue weighted by Crippen LogP contribution is -2.59. The minimum atomic E-state index is -1.37. The van der Waals surface area contributed by atoms with E-state index in [9.17, 15) is 34.2 Å². The molecule has 1 heterocycles. The third-order valence-electron chi connectivity index (χ3n) is 4.78. The Bertz CT molecular complexity index is 682. The summed E-state index contributed by atoms with van der Waals surface area (Å²) in [6.07, 6.45) is -0.497. The number of aliphatic hydroxyl groups is 1. The molecule has 0 spiro atoms. The number of nitrogens with zero attached hydrogens (tertiary/aromatic N) is 1. The zero-order valence-electron chi connectivity index (χ0n) is 17.5. The predicted molar refractivity (Wildman–Crippen MR) is 105 cm³/mol. The van der Waals surface area contributed by atoms with E-state index in [1.165, 1.54) is 27.7 Å². The molecule has 1 fully saturated rings. The van der Waals surface area contributed by atoms with Gasteiger partial charge in [-0.2, -0.15) is 0 Å². The molecule has 170 valence electrons. The molecule has 0 aromatic heterocycles. The molecule has 1 aliphatic heterocycles. The second-order valence-electron chi connectivity index (χ2n) is 7.50. The molecule has 12 nitrogen and oxygen atoms in total. The maximum Gasteiger partial charge on any atom is 0.326 e. The molecule has 1 saturated heterocycles. The summed E-state index contributed by atoms with van der Waals surface area (Å²) in [5.41, 5.74) is 5.42. The van der Waals surface area contributed by atoms with Gasteiger partial charge in [-0.05, 0) is 40.5 Å². The largest absolute Gasteiger partial charge is 0.480 e. The Morgan fingerprint density at radius 2 is 1.43 bits per heavy atom. The molecular weight excluding hydrogens is 398 g/mol. The summed E-state index contributed by atoms with van der Waals surface area (Å²) in [5.74, 6) is -3.79. The van der Waals surface area contributed by atoms with Gasteiger partial charge in [0, 0.05) is 6.54 Å². The Balaban J connectivity index is 2.74. The molecule has 0 unspecified atom stereocenters. The van der Waals surface area contributed by atoms with Crippen LogP contribution in [0.4, 0.5) is 0 Å². The number of amides is 4. The molecule has 0 aromatic carbocycles. The van der Waals surface area contributed by atoms with E-state index < -0.39 is 65.9 Å². The van der Waals surface area contributed by atoms with E-state index in [-0.39, 0.29) is 6.54 Å². The van der Waals surface area contributed by atoms with Gasteiger partial charge < -0.3 is 36.8 Å². The van der Waals surface area contributed by atoms with Crippen molar-refractivity contribution in [1.29, 1.82) is 0 Å². The van der Waals surface area contributed by atoms with Gasteiger partial charge in [0.25, 0.3) is 0 Å². The molecule has 0 saturated carbocycles. The summed E-state index contributed by atoms with van der Waals surface area (Å²) in [6, 6.07) is -5.22. The third kappa shape index (κ3) is 6.66. The molecule has 30 heavy (non-hydrogen) atoms. The average molecular weight is 429 g/mol. The van der Waals surface area contributed by atoms with Crippen molar-refractivity contribution >= 4 is 29.6 Å². The van der Waals surface area contributed by atoms with Gasteiger partial charge in [0.1, 0.15) is 24.2 Å². The smallest absolute Gasteiger partial charge is 0.326 e. The van der Waals surface area contributed by atoms with Gasteiger partial charge in [-0.3, -0.25) is 19.2 Å². The van der Waals surface area contributed by atoms with Crippen LogP contribution in [0, 0.1) is 0 Å². The van der Waals surface area contributed by atoms with Gasteiger partial charge in [0.05, 0.1) is 12.1 Å². The molecule has 6 atom stereocenters. The second kappa shape index (κ2) is 10.9. The first-order chi connectivity index (χ1) is 13.9.